The van der Waals surface area contributed by atoms with E-state index in [2.05, 4.69) is 6.08 Å². The molecule has 27 heavy (non-hydrogen) atoms. The first-order valence-electron chi connectivity index (χ1n) is 9.87. The molecule has 0 N–H and O–H groups in total. The van der Waals surface area contributed by atoms with E-state index >= 15 is 0 Å². The van der Waals surface area contributed by atoms with Crippen molar-refractivity contribution in [1.82, 2.24) is 0 Å². The highest BCUT2D eigenvalue weighted by molar-refractivity contribution is 7.78. The Balaban J connectivity index is 1.51. The molecule has 0 aromatic heterocycles. The van der Waals surface area contributed by atoms with Crippen molar-refractivity contribution in [3.63, 3.8) is 0 Å². The van der Waals surface area contributed by atoms with E-state index in [0.717, 1.165) is 42.9 Å². The van der Waals surface area contributed by atoms with Crippen molar-refractivity contribution < 1.29 is 14.0 Å². The molecule has 0 aliphatic carbocycles. The third kappa shape index (κ3) is 5.90. The van der Waals surface area contributed by atoms with E-state index in [1.54, 1.807) is 0 Å². The molecule has 3 rings (SSSR count). The van der Waals surface area contributed by atoms with Crippen LogP contribution in [-0.4, -0.2) is 25.7 Å². The van der Waals surface area contributed by atoms with Crippen LogP contribution in [0.5, 0.6) is 0 Å². The molecule has 144 valence electrons. The summed E-state index contributed by atoms with van der Waals surface area (Å²) in [5, 5.41) is 1.89. The number of hydrogen-bond donors (Lipinski definition) is 0. The molecule has 1 saturated heterocycles. The number of ether oxygens (including phenoxy) is 2. The summed E-state index contributed by atoms with van der Waals surface area (Å²) in [4.78, 5) is 0. The lowest BCUT2D eigenvalue weighted by atomic mass is 10.2. The standard InChI is InChI=1S/C23H29O3P/c24-27(21-13-5-3-6-14-21,22-15-7-4-8-16-22)20-12-2-1-10-18-25-23-17-9-11-19-26-23/h1,3-8,10,13-16,23H,2,9,11-12,17-20H2. The maximum atomic E-state index is 13.8. The van der Waals surface area contributed by atoms with E-state index in [0.29, 0.717) is 12.8 Å². The minimum absolute atomic E-state index is 0.0419. The van der Waals surface area contributed by atoms with Crippen LogP contribution < -0.4 is 10.6 Å². The molecule has 1 fully saturated rings. The summed E-state index contributed by atoms with van der Waals surface area (Å²) in [5.74, 6) is 0. The third-order valence-corrected chi connectivity index (χ3v) is 8.08. The van der Waals surface area contributed by atoms with Gasteiger partial charge in [-0.05, 0) is 32.1 Å². The van der Waals surface area contributed by atoms with Crippen LogP contribution in [0.2, 0.25) is 0 Å². The minimum atomic E-state index is -2.59. The van der Waals surface area contributed by atoms with Crippen LogP contribution in [0.4, 0.5) is 0 Å². The quantitative estimate of drug-likeness (QED) is 0.351. The Labute approximate surface area is 162 Å². The van der Waals surface area contributed by atoms with Gasteiger partial charge in [0.05, 0.1) is 6.61 Å². The molecule has 0 amide bonds. The predicted octanol–water partition coefficient (Wildman–Crippen LogP) is 4.88. The molecular weight excluding hydrogens is 355 g/mol. The molecule has 1 unspecified atom stereocenters. The highest BCUT2D eigenvalue weighted by atomic mass is 31.2. The number of allylic oxidation sites excluding steroid dienone is 1. The summed E-state index contributed by atoms with van der Waals surface area (Å²) in [5.41, 5.74) is 0. The van der Waals surface area contributed by atoms with Gasteiger partial charge in [0.2, 0.25) is 0 Å². The normalized spacial score (nSPS) is 18.0. The van der Waals surface area contributed by atoms with Gasteiger partial charge >= 0.3 is 0 Å². The van der Waals surface area contributed by atoms with Crippen LogP contribution >= 0.6 is 7.14 Å². The fourth-order valence-corrected chi connectivity index (χ4v) is 6.12. The first-order valence-corrected chi connectivity index (χ1v) is 11.8. The Hall–Kier alpha value is -1.67. The first-order chi connectivity index (χ1) is 13.3. The Morgan fingerprint density at radius 2 is 1.63 bits per heavy atom. The molecule has 0 radical (unpaired) electrons. The molecule has 0 bridgehead atoms. The molecule has 4 heteroatoms. The Kier molecular flexibility index (Phi) is 7.89. The summed E-state index contributed by atoms with van der Waals surface area (Å²) in [7, 11) is -2.59. The lowest BCUT2D eigenvalue weighted by Gasteiger charge is -2.21. The zero-order chi connectivity index (χ0) is 18.8. The zero-order valence-corrected chi connectivity index (χ0v) is 16.7. The fraction of sp³-hybridized carbons (Fsp3) is 0.391. The number of rotatable bonds is 9. The van der Waals surface area contributed by atoms with Gasteiger partial charge in [0.25, 0.3) is 0 Å². The van der Waals surface area contributed by atoms with Gasteiger partial charge in [0.15, 0.2) is 6.29 Å². The van der Waals surface area contributed by atoms with E-state index in [9.17, 15) is 4.57 Å². The van der Waals surface area contributed by atoms with Crippen LogP contribution in [0.1, 0.15) is 32.1 Å². The Morgan fingerprint density at radius 3 is 2.22 bits per heavy atom. The summed E-state index contributed by atoms with van der Waals surface area (Å²) >= 11 is 0. The average Bonchev–Trinajstić information content (AvgIpc) is 2.75. The van der Waals surface area contributed by atoms with Gasteiger partial charge in [-0.15, -0.1) is 0 Å². The van der Waals surface area contributed by atoms with Crippen molar-refractivity contribution >= 4 is 17.8 Å². The fourth-order valence-electron chi connectivity index (χ4n) is 3.37. The molecule has 2 aromatic rings. The minimum Gasteiger partial charge on any atom is -0.353 e. The molecule has 3 nitrogen and oxygen atoms in total. The average molecular weight is 384 g/mol. The smallest absolute Gasteiger partial charge is 0.157 e. The monoisotopic (exact) mass is 384 g/mol. The number of hydrogen-bond acceptors (Lipinski definition) is 3. The van der Waals surface area contributed by atoms with Gasteiger partial charge in [-0.2, -0.15) is 0 Å². The second-order valence-corrected chi connectivity index (χ2v) is 9.84. The number of unbranched alkanes of at least 4 members (excludes halogenated alkanes) is 1. The topological polar surface area (TPSA) is 35.5 Å². The van der Waals surface area contributed by atoms with Crippen LogP contribution in [-0.2, 0) is 14.0 Å². The van der Waals surface area contributed by atoms with Crippen molar-refractivity contribution in [2.24, 2.45) is 0 Å². The molecule has 0 saturated carbocycles. The molecular formula is C23H29O3P. The maximum absolute atomic E-state index is 13.8. The zero-order valence-electron chi connectivity index (χ0n) is 15.8. The third-order valence-electron chi connectivity index (χ3n) is 4.87. The summed E-state index contributed by atoms with van der Waals surface area (Å²) < 4.78 is 25.1. The summed E-state index contributed by atoms with van der Waals surface area (Å²) in [6.45, 7) is 1.39. The van der Waals surface area contributed by atoms with Gasteiger partial charge in [0, 0.05) is 23.4 Å². The van der Waals surface area contributed by atoms with E-state index in [4.69, 9.17) is 9.47 Å². The van der Waals surface area contributed by atoms with Gasteiger partial charge in [-0.3, -0.25) is 0 Å². The molecule has 2 aromatic carbocycles. The van der Waals surface area contributed by atoms with Crippen LogP contribution in [0, 0.1) is 0 Å². The first kappa shape index (κ1) is 20.1. The SMILES string of the molecule is O=P(CCCC=CCOC1CCCCO1)(c1ccccc1)c1ccccc1. The van der Waals surface area contributed by atoms with E-state index in [1.807, 2.05) is 66.7 Å². The lowest BCUT2D eigenvalue weighted by Crippen LogP contribution is -2.22. The van der Waals surface area contributed by atoms with Crippen LogP contribution in [0.15, 0.2) is 72.8 Å². The van der Waals surface area contributed by atoms with Crippen molar-refractivity contribution in [3.8, 4) is 0 Å². The van der Waals surface area contributed by atoms with Gasteiger partial charge in [0.1, 0.15) is 7.14 Å². The van der Waals surface area contributed by atoms with Crippen molar-refractivity contribution in [3.05, 3.63) is 72.8 Å². The lowest BCUT2D eigenvalue weighted by molar-refractivity contribution is -0.155. The molecule has 1 atom stereocenters. The second-order valence-electron chi connectivity index (χ2n) is 6.88. The van der Waals surface area contributed by atoms with Crippen molar-refractivity contribution in [1.29, 1.82) is 0 Å². The van der Waals surface area contributed by atoms with Crippen LogP contribution in [0.3, 0.4) is 0 Å². The Morgan fingerprint density at radius 1 is 0.963 bits per heavy atom. The number of benzene rings is 2. The highest BCUT2D eigenvalue weighted by Gasteiger charge is 2.26. The molecule has 1 aliphatic rings. The van der Waals surface area contributed by atoms with Gasteiger partial charge < -0.3 is 14.0 Å². The maximum Gasteiger partial charge on any atom is 0.157 e. The largest absolute Gasteiger partial charge is 0.353 e. The predicted molar refractivity (Wildman–Crippen MR) is 113 cm³/mol. The summed E-state index contributed by atoms with van der Waals surface area (Å²) in [6, 6.07) is 19.8. The van der Waals surface area contributed by atoms with Gasteiger partial charge in [-0.1, -0.05) is 72.8 Å². The molecule has 1 heterocycles. The molecule has 1 aliphatic heterocycles. The second kappa shape index (κ2) is 10.6. The van der Waals surface area contributed by atoms with E-state index < -0.39 is 7.14 Å². The van der Waals surface area contributed by atoms with Crippen LogP contribution in [0.25, 0.3) is 0 Å². The van der Waals surface area contributed by atoms with E-state index in [1.165, 1.54) is 6.42 Å². The Bertz CT molecular complexity index is 693. The van der Waals surface area contributed by atoms with Gasteiger partial charge in [-0.25, -0.2) is 0 Å². The highest BCUT2D eigenvalue weighted by Crippen LogP contribution is 2.44. The van der Waals surface area contributed by atoms with E-state index in [-0.39, 0.29) is 6.29 Å². The summed E-state index contributed by atoms with van der Waals surface area (Å²) in [6.07, 6.45) is 9.91. The molecule has 0 spiro atoms. The van der Waals surface area contributed by atoms with Crippen molar-refractivity contribution in [2.75, 3.05) is 19.4 Å². The van der Waals surface area contributed by atoms with Crippen molar-refractivity contribution in [2.45, 2.75) is 38.4 Å².